The zero-order valence-corrected chi connectivity index (χ0v) is 19.0. The molecule has 0 aromatic heterocycles. The number of benzene rings is 3. The van der Waals surface area contributed by atoms with E-state index in [2.05, 4.69) is 16.8 Å². The van der Waals surface area contributed by atoms with Crippen molar-refractivity contribution in [3.05, 3.63) is 72.3 Å². The molecule has 0 fully saturated rings. The van der Waals surface area contributed by atoms with E-state index in [1.54, 1.807) is 26.0 Å². The summed E-state index contributed by atoms with van der Waals surface area (Å²) in [7, 11) is 0. The number of carbonyl (C=O) groups excluding carboxylic acids is 1. The first-order valence-corrected chi connectivity index (χ1v) is 10.4. The van der Waals surface area contributed by atoms with Gasteiger partial charge in [0.2, 0.25) is 6.29 Å². The molecule has 0 saturated heterocycles. The maximum atomic E-state index is 11.8. The van der Waals surface area contributed by atoms with Crippen molar-refractivity contribution < 1.29 is 19.4 Å². The minimum Gasteiger partial charge on any atom is -0.505 e. The molecular weight excluding hydrogens is 404 g/mol. The molecule has 0 saturated carbocycles. The van der Waals surface area contributed by atoms with Gasteiger partial charge in [0.05, 0.1) is 5.69 Å². The fourth-order valence-electron chi connectivity index (χ4n) is 3.18. The van der Waals surface area contributed by atoms with Gasteiger partial charge in [0.15, 0.2) is 0 Å². The smallest absolute Gasteiger partial charge is 0.336 e. The summed E-state index contributed by atoms with van der Waals surface area (Å²) in [5.74, 6) is -0.106. The number of phenolic OH excluding ortho intramolecular Hbond substituents is 1. The van der Waals surface area contributed by atoms with Crippen molar-refractivity contribution in [2.75, 3.05) is 0 Å². The van der Waals surface area contributed by atoms with Gasteiger partial charge in [0.1, 0.15) is 17.2 Å². The van der Waals surface area contributed by atoms with Gasteiger partial charge in [-0.05, 0) is 29.9 Å². The fraction of sp³-hybridized carbons (Fsp3) is 0.269. The van der Waals surface area contributed by atoms with Crippen LogP contribution < -0.4 is 4.74 Å². The highest BCUT2D eigenvalue weighted by Gasteiger charge is 2.23. The Balaban J connectivity index is 1.99. The highest BCUT2D eigenvalue weighted by molar-refractivity contribution is 5.92. The summed E-state index contributed by atoms with van der Waals surface area (Å²) in [6.45, 7) is 12.7. The topological polar surface area (TPSA) is 80.5 Å². The lowest BCUT2D eigenvalue weighted by atomic mass is 9.86. The molecule has 1 atom stereocenters. The summed E-state index contributed by atoms with van der Waals surface area (Å²) >= 11 is 0. The second kappa shape index (κ2) is 9.22. The lowest BCUT2D eigenvalue weighted by Crippen LogP contribution is -2.21. The number of nitrogens with zero attached hydrogens (tertiary/aromatic N) is 2. The summed E-state index contributed by atoms with van der Waals surface area (Å²) in [4.78, 5) is 11.8. The molecule has 3 rings (SSSR count). The third-order valence-electron chi connectivity index (χ3n) is 4.83. The molecular formula is C26H28N2O4. The molecule has 166 valence electrons. The van der Waals surface area contributed by atoms with Crippen LogP contribution in [0.2, 0.25) is 0 Å². The van der Waals surface area contributed by atoms with Crippen molar-refractivity contribution in [2.24, 2.45) is 10.2 Å². The molecule has 0 aliphatic carbocycles. The first-order valence-electron chi connectivity index (χ1n) is 10.4. The Bertz CT molecular complexity index is 1190. The minimum absolute atomic E-state index is 0.0282. The fourth-order valence-corrected chi connectivity index (χ4v) is 3.18. The number of esters is 1. The zero-order chi connectivity index (χ0) is 23.5. The van der Waals surface area contributed by atoms with Crippen LogP contribution in [0.25, 0.3) is 10.8 Å². The van der Waals surface area contributed by atoms with E-state index in [0.717, 1.165) is 10.8 Å². The van der Waals surface area contributed by atoms with Gasteiger partial charge in [-0.1, -0.05) is 63.7 Å². The minimum atomic E-state index is -0.848. The molecule has 0 bridgehead atoms. The summed E-state index contributed by atoms with van der Waals surface area (Å²) in [6.07, 6.45) is -0.848. The first kappa shape index (κ1) is 23.0. The number of rotatable bonds is 6. The summed E-state index contributed by atoms with van der Waals surface area (Å²) in [5.41, 5.74) is 1.49. The average molecular weight is 433 g/mol. The molecule has 0 spiro atoms. The lowest BCUT2D eigenvalue weighted by molar-refractivity contribution is -0.156. The summed E-state index contributed by atoms with van der Waals surface area (Å²) in [6, 6.07) is 17.0. The van der Waals surface area contributed by atoms with E-state index < -0.39 is 12.3 Å². The highest BCUT2D eigenvalue weighted by atomic mass is 16.7. The van der Waals surface area contributed by atoms with Crippen LogP contribution in [0.1, 0.15) is 40.2 Å². The molecule has 3 aromatic carbocycles. The molecule has 6 nitrogen and oxygen atoms in total. The predicted molar refractivity (Wildman–Crippen MR) is 126 cm³/mol. The molecule has 6 heteroatoms. The molecule has 3 aromatic rings. The van der Waals surface area contributed by atoms with Crippen LogP contribution in [-0.4, -0.2) is 17.4 Å². The number of hydrogen-bond acceptors (Lipinski definition) is 6. The average Bonchev–Trinajstić information content (AvgIpc) is 2.72. The molecule has 1 unspecified atom stereocenters. The van der Waals surface area contributed by atoms with E-state index in [9.17, 15) is 9.90 Å². The van der Waals surface area contributed by atoms with Gasteiger partial charge in [0, 0.05) is 29.5 Å². The van der Waals surface area contributed by atoms with Crippen molar-refractivity contribution in [3.8, 4) is 11.5 Å². The van der Waals surface area contributed by atoms with E-state index in [0.29, 0.717) is 17.0 Å². The molecule has 32 heavy (non-hydrogen) atoms. The van der Waals surface area contributed by atoms with Crippen LogP contribution in [0, 0.1) is 0 Å². The van der Waals surface area contributed by atoms with Crippen molar-refractivity contribution >= 4 is 28.1 Å². The standard InChI is InChI=1S/C26H28N2O4/c1-16(2)25(30)32-17(3)31-19-14-21(26(4,5)6)24(29)23(15-19)28-27-22-13-9-11-18-10-7-8-12-20(18)22/h7-15,17,29H,1H2,2-6H3. The Morgan fingerprint density at radius 3 is 2.38 bits per heavy atom. The maximum Gasteiger partial charge on any atom is 0.336 e. The van der Waals surface area contributed by atoms with E-state index in [1.165, 1.54) is 0 Å². The lowest BCUT2D eigenvalue weighted by Gasteiger charge is -2.23. The zero-order valence-electron chi connectivity index (χ0n) is 19.0. The molecule has 0 heterocycles. The number of fused-ring (bicyclic) bond motifs is 1. The first-order chi connectivity index (χ1) is 15.1. The van der Waals surface area contributed by atoms with Gasteiger partial charge < -0.3 is 14.6 Å². The van der Waals surface area contributed by atoms with E-state index in [4.69, 9.17) is 9.47 Å². The van der Waals surface area contributed by atoms with Crippen LogP contribution >= 0.6 is 0 Å². The van der Waals surface area contributed by atoms with Gasteiger partial charge in [-0.25, -0.2) is 4.79 Å². The van der Waals surface area contributed by atoms with Crippen molar-refractivity contribution in [1.82, 2.24) is 0 Å². The highest BCUT2D eigenvalue weighted by Crippen LogP contribution is 2.42. The Morgan fingerprint density at radius 1 is 1.03 bits per heavy atom. The van der Waals surface area contributed by atoms with Crippen LogP contribution in [-0.2, 0) is 14.9 Å². The monoisotopic (exact) mass is 432 g/mol. The van der Waals surface area contributed by atoms with Gasteiger partial charge in [-0.3, -0.25) is 0 Å². The van der Waals surface area contributed by atoms with Crippen LogP contribution in [0.5, 0.6) is 11.5 Å². The SMILES string of the molecule is C=C(C)C(=O)OC(C)Oc1cc(N=Nc2cccc3ccccc23)c(O)c(C(C)(C)C)c1. The van der Waals surface area contributed by atoms with Gasteiger partial charge in [-0.2, -0.15) is 0 Å². The number of hydrogen-bond donors (Lipinski definition) is 1. The third-order valence-corrected chi connectivity index (χ3v) is 4.83. The van der Waals surface area contributed by atoms with Crippen LogP contribution in [0.3, 0.4) is 0 Å². The molecule has 1 N–H and O–H groups in total. The van der Waals surface area contributed by atoms with Crippen LogP contribution in [0.15, 0.2) is 77.0 Å². The summed E-state index contributed by atoms with van der Waals surface area (Å²) < 4.78 is 11.0. The van der Waals surface area contributed by atoms with Crippen molar-refractivity contribution in [1.29, 1.82) is 0 Å². The van der Waals surface area contributed by atoms with Crippen LogP contribution in [0.4, 0.5) is 11.4 Å². The maximum absolute atomic E-state index is 11.8. The molecule has 0 radical (unpaired) electrons. The normalized spacial score (nSPS) is 12.7. The van der Waals surface area contributed by atoms with Crippen molar-refractivity contribution in [2.45, 2.75) is 46.3 Å². The third kappa shape index (κ3) is 5.32. The number of ether oxygens (including phenoxy) is 2. The molecule has 0 amide bonds. The number of phenols is 1. The molecule has 0 aliphatic heterocycles. The van der Waals surface area contributed by atoms with E-state index in [1.807, 2.05) is 63.2 Å². The Kier molecular flexibility index (Phi) is 6.63. The van der Waals surface area contributed by atoms with Gasteiger partial charge in [0.25, 0.3) is 0 Å². The Labute approximate surface area is 188 Å². The van der Waals surface area contributed by atoms with Crippen molar-refractivity contribution in [3.63, 3.8) is 0 Å². The second-order valence-corrected chi connectivity index (χ2v) is 8.66. The Hall–Kier alpha value is -3.67. The number of aromatic hydroxyl groups is 1. The van der Waals surface area contributed by atoms with Gasteiger partial charge >= 0.3 is 5.97 Å². The second-order valence-electron chi connectivity index (χ2n) is 8.66. The summed E-state index contributed by atoms with van der Waals surface area (Å²) in [5, 5.41) is 21.6. The van der Waals surface area contributed by atoms with E-state index in [-0.39, 0.29) is 22.4 Å². The van der Waals surface area contributed by atoms with E-state index >= 15 is 0 Å². The predicted octanol–water partition coefficient (Wildman–Crippen LogP) is 7.10. The number of carbonyl (C=O) groups is 1. The quantitative estimate of drug-likeness (QED) is 0.195. The largest absolute Gasteiger partial charge is 0.505 e. The number of azo groups is 1. The van der Waals surface area contributed by atoms with Gasteiger partial charge in [-0.15, -0.1) is 10.2 Å². The molecule has 0 aliphatic rings. The Morgan fingerprint density at radius 2 is 1.69 bits per heavy atom.